The zero-order valence-corrected chi connectivity index (χ0v) is 17.5. The molecule has 9 heteroatoms. The molecule has 152 valence electrons. The normalized spacial score (nSPS) is 21.9. The number of rotatable bonds is 4. The molecule has 1 N–H and O–H groups in total. The van der Waals surface area contributed by atoms with E-state index in [-0.39, 0.29) is 0 Å². The van der Waals surface area contributed by atoms with Gasteiger partial charge in [-0.25, -0.2) is 8.93 Å². The third-order valence-corrected chi connectivity index (χ3v) is 6.51. The predicted molar refractivity (Wildman–Crippen MR) is 101 cm³/mol. The van der Waals surface area contributed by atoms with E-state index in [1.165, 1.54) is 12.1 Å². The van der Waals surface area contributed by atoms with Crippen LogP contribution >= 0.6 is 0 Å². The molecule has 1 aliphatic rings. The first-order valence-corrected chi connectivity index (χ1v) is 9.90. The summed E-state index contributed by atoms with van der Waals surface area (Å²) in [5, 5.41) is 0. The molecule has 0 saturated carbocycles. The molecule has 0 bridgehead atoms. The van der Waals surface area contributed by atoms with Crippen LogP contribution in [0, 0.1) is 0 Å². The van der Waals surface area contributed by atoms with Gasteiger partial charge in [-0.2, -0.15) is 13.2 Å². The Morgan fingerprint density at radius 1 is 1.00 bits per heavy atom. The Kier molecular flexibility index (Phi) is 5.95. The maximum absolute atomic E-state index is 12.9. The van der Waals surface area contributed by atoms with Gasteiger partial charge in [-0.3, -0.25) is 0 Å². The quantitative estimate of drug-likeness (QED) is 0.754. The summed E-state index contributed by atoms with van der Waals surface area (Å²) in [6.07, 6.45) is -4.42. The van der Waals surface area contributed by atoms with Crippen LogP contribution in [0.15, 0.2) is 24.3 Å². The van der Waals surface area contributed by atoms with Gasteiger partial charge in [0.25, 0.3) is 0 Å². The fraction of sp³-hybridized carbons (Fsp3) is 0.667. The van der Waals surface area contributed by atoms with Gasteiger partial charge in [0.2, 0.25) is 0 Å². The van der Waals surface area contributed by atoms with Crippen LogP contribution in [0.1, 0.15) is 65.5 Å². The summed E-state index contributed by atoms with van der Waals surface area (Å²) in [7, 11) is -2.26. The molecule has 1 aliphatic heterocycles. The van der Waals surface area contributed by atoms with Gasteiger partial charge in [0.05, 0.1) is 38.4 Å². The van der Waals surface area contributed by atoms with E-state index >= 15 is 0 Å². The first-order valence-electron chi connectivity index (χ1n) is 8.75. The van der Waals surface area contributed by atoms with Gasteiger partial charge < -0.3 is 9.31 Å². The summed E-state index contributed by atoms with van der Waals surface area (Å²) in [4.78, 5) is 0. The molecule has 1 aromatic rings. The van der Waals surface area contributed by atoms with E-state index in [1.54, 1.807) is 0 Å². The topological polar surface area (TPSA) is 47.6 Å². The Balaban J connectivity index is 2.38. The molecular weight excluding hydrogens is 378 g/mol. The molecule has 27 heavy (non-hydrogen) atoms. The Labute approximate surface area is 161 Å². The van der Waals surface area contributed by atoms with E-state index in [1.807, 2.05) is 48.5 Å². The summed E-state index contributed by atoms with van der Waals surface area (Å²) < 4.78 is 65.8. The lowest BCUT2D eigenvalue weighted by Crippen LogP contribution is -2.43. The smallest absolute Gasteiger partial charge is 0.402 e. The third kappa shape index (κ3) is 4.94. The van der Waals surface area contributed by atoms with Gasteiger partial charge in [0.1, 0.15) is 0 Å². The highest BCUT2D eigenvalue weighted by atomic mass is 32.2. The number of alkyl halides is 3. The van der Waals surface area contributed by atoms with Crippen LogP contribution in [-0.2, 0) is 26.5 Å². The highest BCUT2D eigenvalue weighted by Crippen LogP contribution is 2.41. The van der Waals surface area contributed by atoms with Gasteiger partial charge in [-0.15, -0.1) is 0 Å². The highest BCUT2D eigenvalue weighted by Gasteiger charge is 2.54. The van der Waals surface area contributed by atoms with Crippen molar-refractivity contribution >= 4 is 18.1 Å². The van der Waals surface area contributed by atoms with E-state index in [0.717, 1.165) is 12.1 Å². The fourth-order valence-electron chi connectivity index (χ4n) is 2.48. The summed E-state index contributed by atoms with van der Waals surface area (Å²) >= 11 is 0. The molecule has 4 nitrogen and oxygen atoms in total. The minimum Gasteiger partial charge on any atom is -0.402 e. The maximum Gasteiger partial charge on any atom is 0.481 e. The minimum absolute atomic E-state index is 0.513. The lowest BCUT2D eigenvalue weighted by atomic mass is 9.74. The molecular formula is C18H27BF3NO3S. The largest absolute Gasteiger partial charge is 0.481 e. The highest BCUT2D eigenvalue weighted by molar-refractivity contribution is 7.84. The van der Waals surface area contributed by atoms with E-state index in [9.17, 15) is 17.4 Å². The number of hydrogen-bond donors (Lipinski definition) is 1. The van der Waals surface area contributed by atoms with Gasteiger partial charge in [0, 0.05) is 0 Å². The third-order valence-electron chi connectivity index (χ3n) is 4.93. The maximum atomic E-state index is 12.9. The minimum atomic E-state index is -4.42. The molecule has 2 rings (SSSR count). The van der Waals surface area contributed by atoms with Crippen LogP contribution in [0.2, 0.25) is 0 Å². The number of hydrogen-bond acceptors (Lipinski definition) is 3. The molecule has 1 heterocycles. The summed E-state index contributed by atoms with van der Waals surface area (Å²) in [5.74, 6) is -0.687. The van der Waals surface area contributed by atoms with Gasteiger partial charge in [0.15, 0.2) is 0 Å². The average molecular weight is 405 g/mol. The molecule has 0 aliphatic carbocycles. The van der Waals surface area contributed by atoms with Crippen molar-refractivity contribution in [3.63, 3.8) is 0 Å². The second kappa shape index (κ2) is 7.17. The van der Waals surface area contributed by atoms with E-state index in [2.05, 4.69) is 4.72 Å². The Hall–Kier alpha value is -0.895. The lowest BCUT2D eigenvalue weighted by Gasteiger charge is -2.32. The van der Waals surface area contributed by atoms with Crippen molar-refractivity contribution in [2.24, 2.45) is 0 Å². The zero-order valence-electron chi connectivity index (χ0n) is 16.7. The molecule has 1 saturated heterocycles. The van der Waals surface area contributed by atoms with Crippen molar-refractivity contribution in [3.05, 3.63) is 35.4 Å². The van der Waals surface area contributed by atoms with Crippen LogP contribution < -0.4 is 4.72 Å². The molecule has 1 aromatic carbocycles. The van der Waals surface area contributed by atoms with Crippen molar-refractivity contribution in [2.75, 3.05) is 0 Å². The SMILES string of the molecule is CC(C)(C)[S@@](=O)N[C@H](B1OC(C)(C)C(C)(C)O1)c1ccc(C(F)(F)F)cc1. The number of halogens is 3. The van der Waals surface area contributed by atoms with E-state index in [4.69, 9.17) is 9.31 Å². The Bertz CT molecular complexity index is 683. The standard InChI is InChI=1S/C18H27BF3NO3S/c1-15(2,3)27(24)23-14(19-25-16(4,5)17(6,7)26-19)12-8-10-13(11-9-12)18(20,21)22/h8-11,14,23H,1-7H3/t14-,27+/m0/s1. The first kappa shape index (κ1) is 22.4. The molecule has 0 radical (unpaired) electrons. The van der Waals surface area contributed by atoms with Crippen molar-refractivity contribution < 1.29 is 26.7 Å². The van der Waals surface area contributed by atoms with Crippen LogP contribution in [0.4, 0.5) is 13.2 Å². The monoisotopic (exact) mass is 405 g/mol. The molecule has 0 amide bonds. The van der Waals surface area contributed by atoms with Crippen LogP contribution in [-0.4, -0.2) is 27.3 Å². The summed E-state index contributed by atoms with van der Waals surface area (Å²) in [6.45, 7) is 13.0. The van der Waals surface area contributed by atoms with Crippen LogP contribution in [0.25, 0.3) is 0 Å². The lowest BCUT2D eigenvalue weighted by molar-refractivity contribution is -0.137. The Morgan fingerprint density at radius 2 is 1.44 bits per heavy atom. The second-order valence-electron chi connectivity index (χ2n) is 8.72. The summed E-state index contributed by atoms with van der Waals surface area (Å²) in [5.41, 5.74) is -1.46. The van der Waals surface area contributed by atoms with Gasteiger partial charge in [-0.1, -0.05) is 12.1 Å². The summed E-state index contributed by atoms with van der Waals surface area (Å²) in [6, 6.07) is 4.75. The molecule has 0 unspecified atom stereocenters. The van der Waals surface area contributed by atoms with Crippen molar-refractivity contribution in [1.82, 2.24) is 4.72 Å². The molecule has 2 atom stereocenters. The Morgan fingerprint density at radius 3 is 1.81 bits per heavy atom. The van der Waals surface area contributed by atoms with Crippen molar-refractivity contribution in [1.29, 1.82) is 0 Å². The van der Waals surface area contributed by atoms with Crippen molar-refractivity contribution in [2.45, 2.75) is 76.5 Å². The van der Waals surface area contributed by atoms with Crippen LogP contribution in [0.3, 0.4) is 0 Å². The zero-order chi connectivity index (χ0) is 20.8. The second-order valence-corrected chi connectivity index (χ2v) is 10.7. The average Bonchev–Trinajstić information content (AvgIpc) is 2.70. The number of nitrogens with one attached hydrogen (secondary N) is 1. The van der Waals surface area contributed by atoms with Crippen molar-refractivity contribution in [3.8, 4) is 0 Å². The van der Waals surface area contributed by atoms with E-state index in [0.29, 0.717) is 5.56 Å². The number of benzene rings is 1. The molecule has 0 spiro atoms. The van der Waals surface area contributed by atoms with Gasteiger partial charge in [-0.05, 0) is 66.2 Å². The van der Waals surface area contributed by atoms with E-state index < -0.39 is 51.7 Å². The van der Waals surface area contributed by atoms with Crippen LogP contribution in [0.5, 0.6) is 0 Å². The fourth-order valence-corrected chi connectivity index (χ4v) is 3.31. The predicted octanol–water partition coefficient (Wildman–Crippen LogP) is 4.43. The molecule has 0 aromatic heterocycles. The van der Waals surface area contributed by atoms with Gasteiger partial charge >= 0.3 is 13.3 Å². The molecule has 1 fully saturated rings. The first-order chi connectivity index (χ1) is 12.0.